The first kappa shape index (κ1) is 16.1. The second-order valence-corrected chi connectivity index (χ2v) is 4.54. The zero-order valence-electron chi connectivity index (χ0n) is 11.9. The van der Waals surface area contributed by atoms with E-state index in [1.807, 2.05) is 13.8 Å². The second kappa shape index (κ2) is 8.23. The molecule has 0 radical (unpaired) electrons. The average Bonchev–Trinajstić information content (AvgIpc) is 2.36. The molecule has 1 N–H and O–H groups in total. The van der Waals surface area contributed by atoms with E-state index >= 15 is 0 Å². The van der Waals surface area contributed by atoms with Gasteiger partial charge in [0.1, 0.15) is 11.6 Å². The maximum atomic E-state index is 13.4. The molecule has 0 aliphatic rings. The molecule has 0 heterocycles. The predicted molar refractivity (Wildman–Crippen MR) is 73.1 cm³/mol. The fourth-order valence-electron chi connectivity index (χ4n) is 2.18. The lowest BCUT2D eigenvalue weighted by molar-refractivity contribution is 0.0313. The number of halogens is 2. The average molecular weight is 271 g/mol. The molecular formula is C15H23F2NO. The van der Waals surface area contributed by atoms with Crippen LogP contribution >= 0.6 is 0 Å². The van der Waals surface area contributed by atoms with Gasteiger partial charge in [0, 0.05) is 12.7 Å². The van der Waals surface area contributed by atoms with Gasteiger partial charge >= 0.3 is 0 Å². The molecule has 1 rings (SSSR count). The standard InChI is InChI=1S/C15H23F2NO/c1-4-7-18-15(14(5-2)19-6-3)11-8-12(16)10-13(17)9-11/h8-10,14-15,18H,4-7H2,1-3H3. The summed E-state index contributed by atoms with van der Waals surface area (Å²) in [4.78, 5) is 0. The Morgan fingerprint density at radius 3 is 2.21 bits per heavy atom. The lowest BCUT2D eigenvalue weighted by atomic mass is 9.99. The van der Waals surface area contributed by atoms with Crippen molar-refractivity contribution in [2.75, 3.05) is 13.2 Å². The van der Waals surface area contributed by atoms with Gasteiger partial charge in [0.2, 0.25) is 0 Å². The lowest BCUT2D eigenvalue weighted by Crippen LogP contribution is -2.34. The highest BCUT2D eigenvalue weighted by molar-refractivity contribution is 5.22. The Hall–Kier alpha value is -1.00. The van der Waals surface area contributed by atoms with E-state index in [2.05, 4.69) is 12.2 Å². The molecule has 19 heavy (non-hydrogen) atoms. The zero-order valence-corrected chi connectivity index (χ0v) is 11.9. The van der Waals surface area contributed by atoms with E-state index in [-0.39, 0.29) is 12.1 Å². The third-order valence-corrected chi connectivity index (χ3v) is 3.01. The Labute approximate surface area is 114 Å². The van der Waals surface area contributed by atoms with Crippen molar-refractivity contribution < 1.29 is 13.5 Å². The fourth-order valence-corrected chi connectivity index (χ4v) is 2.18. The van der Waals surface area contributed by atoms with Crippen LogP contribution in [0.25, 0.3) is 0 Å². The van der Waals surface area contributed by atoms with Crippen LogP contribution in [0.4, 0.5) is 8.78 Å². The fraction of sp³-hybridized carbons (Fsp3) is 0.600. The van der Waals surface area contributed by atoms with Gasteiger partial charge in [-0.15, -0.1) is 0 Å². The smallest absolute Gasteiger partial charge is 0.126 e. The topological polar surface area (TPSA) is 21.3 Å². The van der Waals surface area contributed by atoms with Gasteiger partial charge in [-0.3, -0.25) is 0 Å². The number of hydrogen-bond acceptors (Lipinski definition) is 2. The zero-order chi connectivity index (χ0) is 14.3. The molecular weight excluding hydrogens is 248 g/mol. The molecule has 0 amide bonds. The molecule has 4 heteroatoms. The Kier molecular flexibility index (Phi) is 6.95. The van der Waals surface area contributed by atoms with E-state index in [0.29, 0.717) is 12.2 Å². The molecule has 2 nitrogen and oxygen atoms in total. The normalized spacial score (nSPS) is 14.4. The molecule has 0 aliphatic heterocycles. The van der Waals surface area contributed by atoms with Crippen molar-refractivity contribution in [2.24, 2.45) is 0 Å². The molecule has 0 aromatic heterocycles. The van der Waals surface area contributed by atoms with Crippen LogP contribution < -0.4 is 5.32 Å². The van der Waals surface area contributed by atoms with Crippen LogP contribution in [0.5, 0.6) is 0 Å². The summed E-state index contributed by atoms with van der Waals surface area (Å²) in [5.74, 6) is -1.10. The molecule has 1 aromatic rings. The molecule has 0 fully saturated rings. The first-order valence-electron chi connectivity index (χ1n) is 6.93. The van der Waals surface area contributed by atoms with E-state index in [0.717, 1.165) is 25.5 Å². The van der Waals surface area contributed by atoms with E-state index in [4.69, 9.17) is 4.74 Å². The summed E-state index contributed by atoms with van der Waals surface area (Å²) in [6.07, 6.45) is 1.65. The van der Waals surface area contributed by atoms with Crippen molar-refractivity contribution in [3.05, 3.63) is 35.4 Å². The van der Waals surface area contributed by atoms with E-state index < -0.39 is 11.6 Å². The number of ether oxygens (including phenoxy) is 1. The van der Waals surface area contributed by atoms with E-state index in [1.165, 1.54) is 12.1 Å². The van der Waals surface area contributed by atoms with Gasteiger partial charge < -0.3 is 10.1 Å². The van der Waals surface area contributed by atoms with Crippen molar-refractivity contribution in [3.63, 3.8) is 0 Å². The first-order chi connectivity index (χ1) is 9.12. The third kappa shape index (κ3) is 4.88. The molecule has 0 bridgehead atoms. The van der Waals surface area contributed by atoms with Gasteiger partial charge in [0.25, 0.3) is 0 Å². The van der Waals surface area contributed by atoms with Crippen molar-refractivity contribution in [1.82, 2.24) is 5.32 Å². The highest BCUT2D eigenvalue weighted by Gasteiger charge is 2.22. The maximum Gasteiger partial charge on any atom is 0.126 e. The van der Waals surface area contributed by atoms with Crippen molar-refractivity contribution in [3.8, 4) is 0 Å². The van der Waals surface area contributed by atoms with Gasteiger partial charge in [-0.2, -0.15) is 0 Å². The third-order valence-electron chi connectivity index (χ3n) is 3.01. The van der Waals surface area contributed by atoms with Gasteiger partial charge in [-0.25, -0.2) is 8.78 Å². The van der Waals surface area contributed by atoms with Gasteiger partial charge in [-0.1, -0.05) is 13.8 Å². The van der Waals surface area contributed by atoms with E-state index in [1.54, 1.807) is 0 Å². The van der Waals surface area contributed by atoms with Crippen LogP contribution in [-0.4, -0.2) is 19.3 Å². The van der Waals surface area contributed by atoms with Gasteiger partial charge in [-0.05, 0) is 44.0 Å². The van der Waals surface area contributed by atoms with Crippen LogP contribution in [0.15, 0.2) is 18.2 Å². The van der Waals surface area contributed by atoms with E-state index in [9.17, 15) is 8.78 Å². The Balaban J connectivity index is 2.99. The van der Waals surface area contributed by atoms with Crippen molar-refractivity contribution in [1.29, 1.82) is 0 Å². The molecule has 0 aliphatic carbocycles. The summed E-state index contributed by atoms with van der Waals surface area (Å²) in [5, 5.41) is 3.32. The summed E-state index contributed by atoms with van der Waals surface area (Å²) in [6, 6.07) is 3.45. The van der Waals surface area contributed by atoms with Crippen LogP contribution in [-0.2, 0) is 4.74 Å². The number of nitrogens with one attached hydrogen (secondary N) is 1. The second-order valence-electron chi connectivity index (χ2n) is 4.54. The molecule has 0 spiro atoms. The summed E-state index contributed by atoms with van der Waals surface area (Å²) < 4.78 is 32.4. The largest absolute Gasteiger partial charge is 0.377 e. The highest BCUT2D eigenvalue weighted by atomic mass is 19.1. The minimum atomic E-state index is -0.551. The van der Waals surface area contributed by atoms with Crippen LogP contribution in [0, 0.1) is 11.6 Å². The van der Waals surface area contributed by atoms with Gasteiger partial charge in [0.15, 0.2) is 0 Å². The molecule has 0 saturated carbocycles. The molecule has 1 aromatic carbocycles. The summed E-state index contributed by atoms with van der Waals surface area (Å²) in [6.45, 7) is 7.35. The van der Waals surface area contributed by atoms with Gasteiger partial charge in [0.05, 0.1) is 12.1 Å². The Bertz CT molecular complexity index is 364. The lowest BCUT2D eigenvalue weighted by Gasteiger charge is -2.27. The Morgan fingerprint density at radius 1 is 1.11 bits per heavy atom. The maximum absolute atomic E-state index is 13.4. The predicted octanol–water partition coefficient (Wildman–Crippen LogP) is 3.82. The molecule has 0 saturated heterocycles. The van der Waals surface area contributed by atoms with Crippen LogP contribution in [0.1, 0.15) is 45.2 Å². The summed E-state index contributed by atoms with van der Waals surface area (Å²) in [5.41, 5.74) is 0.603. The number of benzene rings is 1. The monoisotopic (exact) mass is 271 g/mol. The number of hydrogen-bond donors (Lipinski definition) is 1. The minimum Gasteiger partial charge on any atom is -0.377 e. The molecule has 108 valence electrons. The molecule has 2 unspecified atom stereocenters. The minimum absolute atomic E-state index is 0.0854. The first-order valence-corrected chi connectivity index (χ1v) is 6.93. The molecule has 2 atom stereocenters. The van der Waals surface area contributed by atoms with Crippen LogP contribution in [0.3, 0.4) is 0 Å². The SMILES string of the molecule is CCCNC(c1cc(F)cc(F)c1)C(CC)OCC. The summed E-state index contributed by atoms with van der Waals surface area (Å²) >= 11 is 0. The summed E-state index contributed by atoms with van der Waals surface area (Å²) in [7, 11) is 0. The Morgan fingerprint density at radius 2 is 1.74 bits per heavy atom. The highest BCUT2D eigenvalue weighted by Crippen LogP contribution is 2.23. The number of rotatable bonds is 8. The van der Waals surface area contributed by atoms with Crippen molar-refractivity contribution in [2.45, 2.75) is 45.8 Å². The quantitative estimate of drug-likeness (QED) is 0.776. The van der Waals surface area contributed by atoms with Crippen molar-refractivity contribution >= 4 is 0 Å². The van der Waals surface area contributed by atoms with Crippen LogP contribution in [0.2, 0.25) is 0 Å².